The van der Waals surface area contributed by atoms with Crippen LogP contribution in [0.25, 0.3) is 0 Å². The van der Waals surface area contributed by atoms with Gasteiger partial charge in [-0.15, -0.1) is 0 Å². The molecule has 1 heterocycles. The Balaban J connectivity index is 2.30. The van der Waals surface area contributed by atoms with E-state index in [0.717, 1.165) is 6.04 Å². The minimum Gasteiger partial charge on any atom is -0.313 e. The summed E-state index contributed by atoms with van der Waals surface area (Å²) in [6, 6.07) is 0.729. The van der Waals surface area contributed by atoms with Crippen molar-refractivity contribution in [2.45, 2.75) is 25.8 Å². The van der Waals surface area contributed by atoms with Crippen LogP contribution in [0.2, 0.25) is 0 Å². The molecule has 1 fully saturated rings. The zero-order valence-corrected chi connectivity index (χ0v) is 7.06. The van der Waals surface area contributed by atoms with Gasteiger partial charge in [0.25, 0.3) is 0 Å². The van der Waals surface area contributed by atoms with Crippen molar-refractivity contribution in [3.05, 3.63) is 0 Å². The van der Waals surface area contributed by atoms with Crippen molar-refractivity contribution in [1.29, 1.82) is 0 Å². The second kappa shape index (κ2) is 3.94. The fraction of sp³-hybridized carbons (Fsp3) is 1.00. The summed E-state index contributed by atoms with van der Waals surface area (Å²) in [6.07, 6.45) is 2.55. The van der Waals surface area contributed by atoms with E-state index in [2.05, 4.69) is 24.2 Å². The average molecular weight is 142 g/mol. The number of nitrogens with zero attached hydrogens (tertiary/aromatic N) is 1. The summed E-state index contributed by atoms with van der Waals surface area (Å²) in [5, 5.41) is 3.52. The first-order chi connectivity index (χ1) is 4.83. The molecule has 1 rings (SSSR count). The minimum atomic E-state index is 0.729. The van der Waals surface area contributed by atoms with E-state index in [0.29, 0.717) is 0 Å². The predicted octanol–water partition coefficient (Wildman–Crippen LogP) is 0.690. The van der Waals surface area contributed by atoms with Crippen molar-refractivity contribution >= 4 is 0 Å². The van der Waals surface area contributed by atoms with E-state index in [1.807, 2.05) is 0 Å². The topological polar surface area (TPSA) is 15.3 Å². The van der Waals surface area contributed by atoms with Gasteiger partial charge < -0.3 is 10.2 Å². The first-order valence-electron chi connectivity index (χ1n) is 4.25. The van der Waals surface area contributed by atoms with Crippen molar-refractivity contribution in [3.8, 4) is 0 Å². The third-order valence-corrected chi connectivity index (χ3v) is 2.17. The highest BCUT2D eigenvalue weighted by Gasteiger charge is 2.11. The van der Waals surface area contributed by atoms with Crippen LogP contribution in [0.4, 0.5) is 0 Å². The van der Waals surface area contributed by atoms with Crippen molar-refractivity contribution in [2.24, 2.45) is 0 Å². The molecule has 0 unspecified atom stereocenters. The molecule has 60 valence electrons. The normalized spacial score (nSPS) is 30.0. The lowest BCUT2D eigenvalue weighted by atomic mass is 10.2. The third-order valence-electron chi connectivity index (χ3n) is 2.17. The summed E-state index contributed by atoms with van der Waals surface area (Å²) >= 11 is 0. The molecular weight excluding hydrogens is 124 g/mol. The quantitative estimate of drug-likeness (QED) is 0.579. The summed E-state index contributed by atoms with van der Waals surface area (Å²) in [5.74, 6) is 0. The van der Waals surface area contributed by atoms with Gasteiger partial charge in [-0.25, -0.2) is 0 Å². The van der Waals surface area contributed by atoms with Crippen LogP contribution in [0.1, 0.15) is 19.8 Å². The van der Waals surface area contributed by atoms with Gasteiger partial charge >= 0.3 is 0 Å². The van der Waals surface area contributed by atoms with Gasteiger partial charge in [-0.1, -0.05) is 6.92 Å². The van der Waals surface area contributed by atoms with Crippen LogP contribution < -0.4 is 5.32 Å². The van der Waals surface area contributed by atoms with E-state index < -0.39 is 0 Å². The smallest absolute Gasteiger partial charge is 0.0192 e. The van der Waals surface area contributed by atoms with Gasteiger partial charge in [-0.05, 0) is 33.0 Å². The summed E-state index contributed by atoms with van der Waals surface area (Å²) in [4.78, 5) is 2.41. The molecule has 1 aliphatic rings. The second-order valence-electron chi connectivity index (χ2n) is 3.18. The molecule has 0 radical (unpaired) electrons. The van der Waals surface area contributed by atoms with Crippen molar-refractivity contribution in [1.82, 2.24) is 10.2 Å². The van der Waals surface area contributed by atoms with Gasteiger partial charge in [0, 0.05) is 12.6 Å². The SMILES string of the molecule is CC[C@@H]1CN(C)CCCN1. The summed E-state index contributed by atoms with van der Waals surface area (Å²) < 4.78 is 0. The van der Waals surface area contributed by atoms with Crippen molar-refractivity contribution in [2.75, 3.05) is 26.7 Å². The lowest BCUT2D eigenvalue weighted by molar-refractivity contribution is 0.320. The van der Waals surface area contributed by atoms with E-state index in [4.69, 9.17) is 0 Å². The number of nitrogens with one attached hydrogen (secondary N) is 1. The third kappa shape index (κ3) is 2.27. The highest BCUT2D eigenvalue weighted by Crippen LogP contribution is 1.99. The average Bonchev–Trinajstić information content (AvgIpc) is 2.13. The van der Waals surface area contributed by atoms with E-state index >= 15 is 0 Å². The second-order valence-corrected chi connectivity index (χ2v) is 3.18. The fourth-order valence-electron chi connectivity index (χ4n) is 1.46. The molecule has 0 saturated carbocycles. The van der Waals surface area contributed by atoms with Gasteiger partial charge in [-0.3, -0.25) is 0 Å². The number of hydrogen-bond acceptors (Lipinski definition) is 2. The predicted molar refractivity (Wildman–Crippen MR) is 44.2 cm³/mol. The molecule has 0 amide bonds. The minimum absolute atomic E-state index is 0.729. The lowest BCUT2D eigenvalue weighted by Crippen LogP contribution is -2.35. The molecule has 0 aliphatic carbocycles. The summed E-state index contributed by atoms with van der Waals surface area (Å²) in [7, 11) is 2.20. The van der Waals surface area contributed by atoms with Gasteiger partial charge in [0.2, 0.25) is 0 Å². The van der Waals surface area contributed by atoms with Crippen LogP contribution in [0, 0.1) is 0 Å². The molecule has 1 saturated heterocycles. The molecule has 0 spiro atoms. The van der Waals surface area contributed by atoms with Crippen LogP contribution >= 0.6 is 0 Å². The molecular formula is C8H18N2. The first-order valence-corrected chi connectivity index (χ1v) is 4.25. The van der Waals surface area contributed by atoms with Gasteiger partial charge in [0.15, 0.2) is 0 Å². The van der Waals surface area contributed by atoms with Gasteiger partial charge in [0.1, 0.15) is 0 Å². The molecule has 1 N–H and O–H groups in total. The monoisotopic (exact) mass is 142 g/mol. The highest BCUT2D eigenvalue weighted by atomic mass is 15.1. The Morgan fingerprint density at radius 2 is 2.40 bits per heavy atom. The largest absolute Gasteiger partial charge is 0.313 e. The fourth-order valence-corrected chi connectivity index (χ4v) is 1.46. The number of rotatable bonds is 1. The Morgan fingerprint density at radius 3 is 3.10 bits per heavy atom. The molecule has 0 aromatic heterocycles. The van der Waals surface area contributed by atoms with Gasteiger partial charge in [0.05, 0.1) is 0 Å². The maximum absolute atomic E-state index is 3.52. The zero-order chi connectivity index (χ0) is 7.40. The molecule has 0 aromatic carbocycles. The van der Waals surface area contributed by atoms with E-state index in [-0.39, 0.29) is 0 Å². The highest BCUT2D eigenvalue weighted by molar-refractivity contribution is 4.72. The Hall–Kier alpha value is -0.0800. The van der Waals surface area contributed by atoms with Gasteiger partial charge in [-0.2, -0.15) is 0 Å². The molecule has 10 heavy (non-hydrogen) atoms. The van der Waals surface area contributed by atoms with Crippen molar-refractivity contribution in [3.63, 3.8) is 0 Å². The van der Waals surface area contributed by atoms with E-state index in [9.17, 15) is 0 Å². The number of hydrogen-bond donors (Lipinski definition) is 1. The standard InChI is InChI=1S/C8H18N2/c1-3-8-7-10(2)6-4-5-9-8/h8-9H,3-7H2,1-2H3/t8-/m1/s1. The molecule has 0 bridgehead atoms. The maximum atomic E-state index is 3.52. The van der Waals surface area contributed by atoms with Crippen LogP contribution in [0.15, 0.2) is 0 Å². The van der Waals surface area contributed by atoms with E-state index in [1.165, 1.54) is 32.5 Å². The summed E-state index contributed by atoms with van der Waals surface area (Å²) in [6.45, 7) is 5.92. The Bertz CT molecular complexity index is 93.3. The Morgan fingerprint density at radius 1 is 1.60 bits per heavy atom. The maximum Gasteiger partial charge on any atom is 0.0192 e. The number of likely N-dealkylation sites (N-methyl/N-ethyl adjacent to an activating group) is 1. The van der Waals surface area contributed by atoms with Crippen LogP contribution in [0.3, 0.4) is 0 Å². The van der Waals surface area contributed by atoms with Crippen molar-refractivity contribution < 1.29 is 0 Å². The lowest BCUT2D eigenvalue weighted by Gasteiger charge is -2.18. The van der Waals surface area contributed by atoms with Crippen LogP contribution in [-0.2, 0) is 0 Å². The summed E-state index contributed by atoms with van der Waals surface area (Å²) in [5.41, 5.74) is 0. The zero-order valence-electron chi connectivity index (χ0n) is 7.06. The molecule has 2 heteroatoms. The molecule has 1 aliphatic heterocycles. The Kier molecular flexibility index (Phi) is 3.16. The van der Waals surface area contributed by atoms with Crippen LogP contribution in [0.5, 0.6) is 0 Å². The molecule has 2 nitrogen and oxygen atoms in total. The van der Waals surface area contributed by atoms with E-state index in [1.54, 1.807) is 0 Å². The van der Waals surface area contributed by atoms with Crippen LogP contribution in [-0.4, -0.2) is 37.6 Å². The Labute approximate surface area is 63.6 Å². The molecule has 0 aromatic rings. The first kappa shape index (κ1) is 8.02. The molecule has 1 atom stereocenters.